The molecule has 0 saturated carbocycles. The second-order valence-electron chi connectivity index (χ2n) is 6.46. The fraction of sp³-hybridized carbons (Fsp3) is 0.588. The van der Waals surface area contributed by atoms with Crippen LogP contribution >= 0.6 is 0 Å². The maximum absolute atomic E-state index is 12.5. The van der Waals surface area contributed by atoms with E-state index < -0.39 is 10.0 Å². The predicted octanol–water partition coefficient (Wildman–Crippen LogP) is 0.919. The third kappa shape index (κ3) is 3.96. The number of carbonyl (C=O) groups is 1. The summed E-state index contributed by atoms with van der Waals surface area (Å²) in [7, 11) is -3.26. The van der Waals surface area contributed by atoms with Crippen LogP contribution in [0.1, 0.15) is 41.1 Å². The lowest BCUT2D eigenvalue weighted by Crippen LogP contribution is -2.36. The number of rotatable bonds is 6. The molecule has 132 valence electrons. The van der Waals surface area contributed by atoms with Crippen molar-refractivity contribution in [2.24, 2.45) is 0 Å². The van der Waals surface area contributed by atoms with Crippen molar-refractivity contribution in [1.82, 2.24) is 14.9 Å². The number of carbonyl (C=O) groups excluding carboxylic acids is 1. The smallest absolute Gasteiger partial charge is 0.251 e. The SMILES string of the molecule is O=C(NCCS(=O)(=O)N1CCCC1)c1ccccc1C1CCNC1. The average molecular weight is 351 g/mol. The Kier molecular flexibility index (Phi) is 5.53. The van der Waals surface area contributed by atoms with E-state index in [1.807, 2.05) is 24.3 Å². The molecular formula is C17H25N3O3S. The first kappa shape index (κ1) is 17.4. The van der Waals surface area contributed by atoms with Gasteiger partial charge in [-0.2, -0.15) is 0 Å². The van der Waals surface area contributed by atoms with Crippen molar-refractivity contribution in [3.63, 3.8) is 0 Å². The van der Waals surface area contributed by atoms with Crippen molar-refractivity contribution in [3.8, 4) is 0 Å². The summed E-state index contributed by atoms with van der Waals surface area (Å²) in [6.07, 6.45) is 2.87. The van der Waals surface area contributed by atoms with Crippen molar-refractivity contribution in [1.29, 1.82) is 0 Å². The molecule has 2 aliphatic heterocycles. The second-order valence-corrected chi connectivity index (χ2v) is 8.54. The van der Waals surface area contributed by atoms with Gasteiger partial charge in [-0.25, -0.2) is 12.7 Å². The van der Waals surface area contributed by atoms with E-state index in [0.29, 0.717) is 24.6 Å². The zero-order valence-corrected chi connectivity index (χ0v) is 14.6. The summed E-state index contributed by atoms with van der Waals surface area (Å²) in [5.41, 5.74) is 1.70. The fourth-order valence-electron chi connectivity index (χ4n) is 3.46. The molecule has 1 aromatic rings. The maximum atomic E-state index is 12.5. The van der Waals surface area contributed by atoms with Crippen LogP contribution in [0.5, 0.6) is 0 Å². The lowest BCUT2D eigenvalue weighted by molar-refractivity contribution is 0.0954. The van der Waals surface area contributed by atoms with Gasteiger partial charge < -0.3 is 10.6 Å². The van der Waals surface area contributed by atoms with Gasteiger partial charge in [-0.15, -0.1) is 0 Å². The van der Waals surface area contributed by atoms with Crippen molar-refractivity contribution in [3.05, 3.63) is 35.4 Å². The molecule has 1 unspecified atom stereocenters. The van der Waals surface area contributed by atoms with Crippen molar-refractivity contribution in [2.45, 2.75) is 25.2 Å². The summed E-state index contributed by atoms with van der Waals surface area (Å²) < 4.78 is 25.9. The van der Waals surface area contributed by atoms with Crippen LogP contribution in [-0.4, -0.2) is 57.1 Å². The summed E-state index contributed by atoms with van der Waals surface area (Å²) in [6, 6.07) is 7.61. The Morgan fingerprint density at radius 1 is 1.25 bits per heavy atom. The highest BCUT2D eigenvalue weighted by Crippen LogP contribution is 2.25. The summed E-state index contributed by atoms with van der Waals surface area (Å²) in [5.74, 6) is 0.126. The normalized spacial score (nSPS) is 21.9. The highest BCUT2D eigenvalue weighted by atomic mass is 32.2. The number of hydrogen-bond donors (Lipinski definition) is 2. The molecule has 2 saturated heterocycles. The first-order valence-electron chi connectivity index (χ1n) is 8.63. The number of benzene rings is 1. The molecule has 2 heterocycles. The average Bonchev–Trinajstić information content (AvgIpc) is 3.28. The first-order valence-corrected chi connectivity index (χ1v) is 10.2. The van der Waals surface area contributed by atoms with E-state index in [2.05, 4.69) is 10.6 Å². The van der Waals surface area contributed by atoms with Gasteiger partial charge in [-0.05, 0) is 43.4 Å². The number of hydrogen-bond acceptors (Lipinski definition) is 4. The predicted molar refractivity (Wildman–Crippen MR) is 93.6 cm³/mol. The van der Waals surface area contributed by atoms with E-state index in [4.69, 9.17) is 0 Å². The van der Waals surface area contributed by atoms with Gasteiger partial charge in [0.25, 0.3) is 5.91 Å². The summed E-state index contributed by atoms with van der Waals surface area (Å²) in [6.45, 7) is 3.21. The van der Waals surface area contributed by atoms with Crippen molar-refractivity contribution >= 4 is 15.9 Å². The Morgan fingerprint density at radius 3 is 2.71 bits per heavy atom. The molecule has 1 atom stereocenters. The summed E-state index contributed by atoms with van der Waals surface area (Å²) in [4.78, 5) is 12.5. The second kappa shape index (κ2) is 7.63. The molecule has 2 fully saturated rings. The highest BCUT2D eigenvalue weighted by molar-refractivity contribution is 7.89. The maximum Gasteiger partial charge on any atom is 0.251 e. The van der Waals surface area contributed by atoms with Gasteiger partial charge >= 0.3 is 0 Å². The fourth-order valence-corrected chi connectivity index (χ4v) is 4.90. The lowest BCUT2D eigenvalue weighted by atomic mass is 9.93. The number of sulfonamides is 1. The third-order valence-corrected chi connectivity index (χ3v) is 6.68. The lowest BCUT2D eigenvalue weighted by Gasteiger charge is -2.17. The van der Waals surface area contributed by atoms with E-state index in [1.165, 1.54) is 4.31 Å². The van der Waals surface area contributed by atoms with Gasteiger partial charge in [-0.3, -0.25) is 4.79 Å². The molecule has 1 amide bonds. The van der Waals surface area contributed by atoms with Gasteiger partial charge in [0.2, 0.25) is 10.0 Å². The minimum absolute atomic E-state index is 0.0358. The Morgan fingerprint density at radius 2 is 2.00 bits per heavy atom. The van der Waals surface area contributed by atoms with Crippen molar-refractivity contribution in [2.75, 3.05) is 38.5 Å². The molecule has 3 rings (SSSR count). The third-order valence-electron chi connectivity index (χ3n) is 4.81. The quantitative estimate of drug-likeness (QED) is 0.799. The molecular weight excluding hydrogens is 326 g/mol. The molecule has 0 bridgehead atoms. The molecule has 2 N–H and O–H groups in total. The van der Waals surface area contributed by atoms with Crippen LogP contribution in [0.3, 0.4) is 0 Å². The molecule has 6 nitrogen and oxygen atoms in total. The Hall–Kier alpha value is -1.44. The minimum atomic E-state index is -3.26. The number of amides is 1. The van der Waals surface area contributed by atoms with Crippen LogP contribution in [0.15, 0.2) is 24.3 Å². The van der Waals surface area contributed by atoms with Gasteiger partial charge in [0, 0.05) is 31.7 Å². The standard InChI is InChI=1S/C17H25N3O3S/c21-17(19-9-12-24(22,23)20-10-3-4-11-20)16-6-2-1-5-15(16)14-7-8-18-13-14/h1-2,5-6,14,18H,3-4,7-13H2,(H,19,21). The van der Waals surface area contributed by atoms with Gasteiger partial charge in [0.05, 0.1) is 5.75 Å². The van der Waals surface area contributed by atoms with E-state index in [9.17, 15) is 13.2 Å². The molecule has 1 aromatic carbocycles. The zero-order chi connectivity index (χ0) is 17.0. The largest absolute Gasteiger partial charge is 0.351 e. The Labute approximate surface area is 143 Å². The molecule has 0 radical (unpaired) electrons. The first-order chi connectivity index (χ1) is 11.6. The highest BCUT2D eigenvalue weighted by Gasteiger charge is 2.25. The molecule has 24 heavy (non-hydrogen) atoms. The minimum Gasteiger partial charge on any atom is -0.351 e. The van der Waals surface area contributed by atoms with Gasteiger partial charge in [0.15, 0.2) is 0 Å². The van der Waals surface area contributed by atoms with Gasteiger partial charge in [-0.1, -0.05) is 18.2 Å². The van der Waals surface area contributed by atoms with Crippen LogP contribution in [0.25, 0.3) is 0 Å². The monoisotopic (exact) mass is 351 g/mol. The van der Waals surface area contributed by atoms with Crippen LogP contribution in [0, 0.1) is 0 Å². The van der Waals surface area contributed by atoms with E-state index in [1.54, 1.807) is 0 Å². The van der Waals surface area contributed by atoms with Crippen LogP contribution in [0.2, 0.25) is 0 Å². The van der Waals surface area contributed by atoms with E-state index in [0.717, 1.165) is 37.9 Å². The van der Waals surface area contributed by atoms with E-state index >= 15 is 0 Å². The molecule has 0 spiro atoms. The summed E-state index contributed by atoms with van der Waals surface area (Å²) >= 11 is 0. The summed E-state index contributed by atoms with van der Waals surface area (Å²) in [5, 5.41) is 6.09. The Bertz CT molecular complexity index is 678. The number of nitrogens with one attached hydrogen (secondary N) is 2. The Balaban J connectivity index is 1.59. The number of nitrogens with zero attached hydrogens (tertiary/aromatic N) is 1. The van der Waals surface area contributed by atoms with Crippen LogP contribution in [-0.2, 0) is 10.0 Å². The molecule has 0 aromatic heterocycles. The molecule has 7 heteroatoms. The van der Waals surface area contributed by atoms with E-state index in [-0.39, 0.29) is 18.2 Å². The topological polar surface area (TPSA) is 78.5 Å². The molecule has 0 aliphatic carbocycles. The van der Waals surface area contributed by atoms with Crippen LogP contribution < -0.4 is 10.6 Å². The van der Waals surface area contributed by atoms with Crippen molar-refractivity contribution < 1.29 is 13.2 Å². The van der Waals surface area contributed by atoms with Crippen LogP contribution in [0.4, 0.5) is 0 Å². The molecule has 2 aliphatic rings. The van der Waals surface area contributed by atoms with Gasteiger partial charge in [0.1, 0.15) is 0 Å². The zero-order valence-electron chi connectivity index (χ0n) is 13.8.